The third-order valence-corrected chi connectivity index (χ3v) is 4.52. The van der Waals surface area contributed by atoms with Crippen molar-refractivity contribution in [1.29, 1.82) is 0 Å². The number of hydrogen-bond donors (Lipinski definition) is 1. The molecule has 1 amide bonds. The van der Waals surface area contributed by atoms with Crippen molar-refractivity contribution < 1.29 is 14.3 Å². The van der Waals surface area contributed by atoms with Crippen molar-refractivity contribution in [3.63, 3.8) is 0 Å². The maximum Gasteiger partial charge on any atom is 0.338 e. The van der Waals surface area contributed by atoms with Gasteiger partial charge in [0.15, 0.2) is 6.10 Å². The minimum atomic E-state index is -0.915. The van der Waals surface area contributed by atoms with Crippen molar-refractivity contribution in [3.8, 4) is 11.1 Å². The summed E-state index contributed by atoms with van der Waals surface area (Å²) in [5.41, 5.74) is 4.15. The van der Waals surface area contributed by atoms with Crippen molar-refractivity contribution in [3.05, 3.63) is 90.0 Å². The molecule has 0 radical (unpaired) electrons. The van der Waals surface area contributed by atoms with E-state index in [1.54, 1.807) is 19.1 Å². The molecule has 3 aromatic rings. The van der Waals surface area contributed by atoms with Gasteiger partial charge in [-0.15, -0.1) is 0 Å². The molecule has 0 fully saturated rings. The molecule has 1 N–H and O–H groups in total. The van der Waals surface area contributed by atoms with Crippen molar-refractivity contribution in [2.24, 2.45) is 0 Å². The Bertz CT molecular complexity index is 949. The van der Waals surface area contributed by atoms with Gasteiger partial charge in [-0.25, -0.2) is 4.79 Å². The zero-order chi connectivity index (χ0) is 19.9. The second-order valence-corrected chi connectivity index (χ2v) is 6.50. The summed E-state index contributed by atoms with van der Waals surface area (Å²) in [6, 6.07) is 24.6. The van der Waals surface area contributed by atoms with Crippen molar-refractivity contribution in [2.75, 3.05) is 5.32 Å². The Hall–Kier alpha value is -3.40. The van der Waals surface area contributed by atoms with Gasteiger partial charge in [0, 0.05) is 11.3 Å². The molecule has 0 aromatic heterocycles. The van der Waals surface area contributed by atoms with E-state index >= 15 is 0 Å². The van der Waals surface area contributed by atoms with Gasteiger partial charge in [-0.2, -0.15) is 0 Å². The third kappa shape index (κ3) is 4.65. The highest BCUT2D eigenvalue weighted by Crippen LogP contribution is 2.27. The van der Waals surface area contributed by atoms with Crippen LogP contribution in [-0.2, 0) is 16.0 Å². The van der Waals surface area contributed by atoms with Crippen molar-refractivity contribution in [1.82, 2.24) is 0 Å². The Labute approximate surface area is 165 Å². The normalized spacial score (nSPS) is 11.5. The fourth-order valence-electron chi connectivity index (χ4n) is 2.85. The SMILES string of the molecule is CCc1ccc(C(=O)O[C@H](C)C(=O)Nc2ccccc2-c2ccccc2)cc1. The molecule has 4 nitrogen and oxygen atoms in total. The van der Waals surface area contributed by atoms with E-state index in [9.17, 15) is 9.59 Å². The molecule has 142 valence electrons. The fourth-order valence-corrected chi connectivity index (χ4v) is 2.85. The van der Waals surface area contributed by atoms with E-state index in [0.717, 1.165) is 23.1 Å². The molecule has 0 saturated heterocycles. The van der Waals surface area contributed by atoms with Crippen LogP contribution in [0.15, 0.2) is 78.9 Å². The highest BCUT2D eigenvalue weighted by molar-refractivity contribution is 5.99. The summed E-state index contributed by atoms with van der Waals surface area (Å²) in [4.78, 5) is 24.9. The molecule has 0 bridgehead atoms. The molecule has 0 heterocycles. The molecule has 4 heteroatoms. The number of nitrogens with one attached hydrogen (secondary N) is 1. The lowest BCUT2D eigenvalue weighted by atomic mass is 10.0. The summed E-state index contributed by atoms with van der Waals surface area (Å²) in [7, 11) is 0. The maximum atomic E-state index is 12.6. The van der Waals surface area contributed by atoms with Gasteiger partial charge in [-0.05, 0) is 42.7 Å². The number of carbonyl (C=O) groups is 2. The number of ether oxygens (including phenoxy) is 1. The molecule has 3 rings (SSSR count). The molecular weight excluding hydrogens is 350 g/mol. The summed E-state index contributed by atoms with van der Waals surface area (Å²) < 4.78 is 5.34. The van der Waals surface area contributed by atoms with Gasteiger partial charge in [0.25, 0.3) is 5.91 Å². The number of para-hydroxylation sites is 1. The Balaban J connectivity index is 1.68. The molecule has 0 saturated carbocycles. The lowest BCUT2D eigenvalue weighted by Gasteiger charge is -2.16. The Morgan fingerprint density at radius 3 is 2.21 bits per heavy atom. The molecule has 28 heavy (non-hydrogen) atoms. The molecule has 3 aromatic carbocycles. The number of carbonyl (C=O) groups excluding carboxylic acids is 2. The minimum Gasteiger partial charge on any atom is -0.449 e. The summed E-state index contributed by atoms with van der Waals surface area (Å²) in [6.07, 6.45) is -0.0169. The van der Waals surface area contributed by atoms with Gasteiger partial charge < -0.3 is 10.1 Å². The smallest absolute Gasteiger partial charge is 0.338 e. The van der Waals surface area contributed by atoms with Crippen LogP contribution in [0.2, 0.25) is 0 Å². The summed E-state index contributed by atoms with van der Waals surface area (Å²) in [5.74, 6) is -0.886. The Morgan fingerprint density at radius 1 is 0.893 bits per heavy atom. The quantitative estimate of drug-likeness (QED) is 0.612. The predicted molar refractivity (Wildman–Crippen MR) is 111 cm³/mol. The molecular formula is C24H23NO3. The first-order valence-electron chi connectivity index (χ1n) is 9.33. The van der Waals surface area contributed by atoms with Crippen LogP contribution in [0, 0.1) is 0 Å². The average Bonchev–Trinajstić information content (AvgIpc) is 2.74. The zero-order valence-corrected chi connectivity index (χ0v) is 16.0. The van der Waals surface area contributed by atoms with Crippen LogP contribution in [0.5, 0.6) is 0 Å². The lowest BCUT2D eigenvalue weighted by Crippen LogP contribution is -2.30. The molecule has 1 atom stereocenters. The minimum absolute atomic E-state index is 0.373. The highest BCUT2D eigenvalue weighted by Gasteiger charge is 2.20. The standard InChI is InChI=1S/C24H23NO3/c1-3-18-13-15-20(16-14-18)24(27)28-17(2)23(26)25-22-12-8-7-11-21(22)19-9-5-4-6-10-19/h4-17H,3H2,1-2H3,(H,25,26)/t17-/m1/s1. The van der Waals surface area contributed by atoms with Gasteiger partial charge in [-0.1, -0.05) is 67.6 Å². The largest absolute Gasteiger partial charge is 0.449 e. The van der Waals surface area contributed by atoms with Crippen molar-refractivity contribution >= 4 is 17.6 Å². The predicted octanol–water partition coefficient (Wildman–Crippen LogP) is 5.10. The van der Waals surface area contributed by atoms with E-state index in [0.29, 0.717) is 11.3 Å². The van der Waals surface area contributed by atoms with E-state index in [-0.39, 0.29) is 5.91 Å². The van der Waals surface area contributed by atoms with E-state index < -0.39 is 12.1 Å². The van der Waals surface area contributed by atoms with E-state index in [1.165, 1.54) is 0 Å². The topological polar surface area (TPSA) is 55.4 Å². The molecule has 0 aliphatic carbocycles. The Morgan fingerprint density at radius 2 is 1.54 bits per heavy atom. The van der Waals surface area contributed by atoms with Gasteiger partial charge in [0.1, 0.15) is 0 Å². The number of aryl methyl sites for hydroxylation is 1. The van der Waals surface area contributed by atoms with Crippen LogP contribution >= 0.6 is 0 Å². The third-order valence-electron chi connectivity index (χ3n) is 4.52. The molecule has 0 spiro atoms. The summed E-state index contributed by atoms with van der Waals surface area (Å²) >= 11 is 0. The fraction of sp³-hybridized carbons (Fsp3) is 0.167. The molecule has 0 aliphatic rings. The number of hydrogen-bond acceptors (Lipinski definition) is 3. The highest BCUT2D eigenvalue weighted by atomic mass is 16.5. The Kier molecular flexibility index (Phi) is 6.22. The monoisotopic (exact) mass is 373 g/mol. The van der Waals surface area contributed by atoms with Crippen molar-refractivity contribution in [2.45, 2.75) is 26.4 Å². The first-order valence-corrected chi connectivity index (χ1v) is 9.33. The van der Waals surface area contributed by atoms with Crippen LogP contribution in [0.4, 0.5) is 5.69 Å². The van der Waals surface area contributed by atoms with E-state index in [1.807, 2.05) is 73.7 Å². The molecule has 0 aliphatic heterocycles. The van der Waals surface area contributed by atoms with E-state index in [4.69, 9.17) is 4.74 Å². The van der Waals surface area contributed by atoms with Gasteiger partial charge >= 0.3 is 5.97 Å². The average molecular weight is 373 g/mol. The summed E-state index contributed by atoms with van der Waals surface area (Å²) in [6.45, 7) is 3.62. The van der Waals surface area contributed by atoms with Crippen LogP contribution in [0.3, 0.4) is 0 Å². The lowest BCUT2D eigenvalue weighted by molar-refractivity contribution is -0.123. The number of amides is 1. The zero-order valence-electron chi connectivity index (χ0n) is 16.0. The first-order chi connectivity index (χ1) is 13.6. The van der Waals surface area contributed by atoms with Gasteiger partial charge in [-0.3, -0.25) is 4.79 Å². The van der Waals surface area contributed by atoms with Crippen LogP contribution in [-0.4, -0.2) is 18.0 Å². The van der Waals surface area contributed by atoms with Crippen LogP contribution in [0.25, 0.3) is 11.1 Å². The van der Waals surface area contributed by atoms with E-state index in [2.05, 4.69) is 5.32 Å². The van der Waals surface area contributed by atoms with Gasteiger partial charge in [0.05, 0.1) is 5.56 Å². The second kappa shape index (κ2) is 9.00. The maximum absolute atomic E-state index is 12.6. The first kappa shape index (κ1) is 19.4. The second-order valence-electron chi connectivity index (χ2n) is 6.50. The number of esters is 1. The van der Waals surface area contributed by atoms with Crippen LogP contribution in [0.1, 0.15) is 29.8 Å². The summed E-state index contributed by atoms with van der Waals surface area (Å²) in [5, 5.41) is 2.87. The van der Waals surface area contributed by atoms with Gasteiger partial charge in [0.2, 0.25) is 0 Å². The molecule has 0 unspecified atom stereocenters. The number of rotatable bonds is 6. The number of benzene rings is 3. The van der Waals surface area contributed by atoms with Crippen LogP contribution < -0.4 is 5.32 Å². The number of anilines is 1.